The molecule has 6 nitrogen and oxygen atoms in total. The first-order chi connectivity index (χ1) is 11.9. The molecule has 1 amide bonds. The quantitative estimate of drug-likeness (QED) is 0.864. The van der Waals surface area contributed by atoms with Crippen molar-refractivity contribution in [3.63, 3.8) is 0 Å². The van der Waals surface area contributed by atoms with E-state index in [1.807, 2.05) is 0 Å². The molecule has 2 aromatic rings. The molecule has 0 radical (unpaired) electrons. The van der Waals surface area contributed by atoms with Gasteiger partial charge in [-0.3, -0.25) is 4.79 Å². The first kappa shape index (κ1) is 17.7. The molecule has 3 rings (SSSR count). The molecule has 0 spiro atoms. The molecule has 0 unspecified atom stereocenters. The highest BCUT2D eigenvalue weighted by molar-refractivity contribution is 7.89. The van der Waals surface area contributed by atoms with E-state index in [1.54, 1.807) is 41.3 Å². The fraction of sp³-hybridized carbons (Fsp3) is 0.235. The molecule has 0 aromatic heterocycles. The maximum absolute atomic E-state index is 12.5. The molecular weight excluding hydrogens is 364 g/mol. The first-order valence-corrected chi connectivity index (χ1v) is 9.47. The topological polar surface area (TPSA) is 75.7 Å². The molecule has 1 aliphatic rings. The Labute approximate surface area is 151 Å². The number of benzene rings is 2. The number of hydrogen-bond acceptors (Lipinski definition) is 4. The second-order valence-corrected chi connectivity index (χ2v) is 7.83. The van der Waals surface area contributed by atoms with Crippen molar-refractivity contribution in [1.82, 2.24) is 4.72 Å². The Morgan fingerprint density at radius 2 is 1.76 bits per heavy atom. The van der Waals surface area contributed by atoms with Gasteiger partial charge in [-0.25, -0.2) is 13.1 Å². The third-order valence-corrected chi connectivity index (χ3v) is 5.74. The van der Waals surface area contributed by atoms with Gasteiger partial charge in [0, 0.05) is 29.7 Å². The van der Waals surface area contributed by atoms with Gasteiger partial charge >= 0.3 is 0 Å². The summed E-state index contributed by atoms with van der Waals surface area (Å²) in [4.78, 5) is 13.9. The fourth-order valence-electron chi connectivity index (χ4n) is 2.70. The molecule has 8 heteroatoms. The molecule has 25 heavy (non-hydrogen) atoms. The van der Waals surface area contributed by atoms with Crippen LogP contribution in [0, 0.1) is 0 Å². The predicted octanol–water partition coefficient (Wildman–Crippen LogP) is 2.43. The van der Waals surface area contributed by atoms with Crippen LogP contribution in [0.4, 0.5) is 5.69 Å². The van der Waals surface area contributed by atoms with Gasteiger partial charge in [-0.2, -0.15) is 0 Å². The maximum Gasteiger partial charge on any atom is 0.240 e. The Balaban J connectivity index is 1.72. The molecule has 1 aliphatic heterocycles. The summed E-state index contributed by atoms with van der Waals surface area (Å²) in [6, 6.07) is 12.5. The maximum atomic E-state index is 12.5. The van der Waals surface area contributed by atoms with E-state index in [-0.39, 0.29) is 23.8 Å². The van der Waals surface area contributed by atoms with Gasteiger partial charge in [-0.15, -0.1) is 0 Å². The summed E-state index contributed by atoms with van der Waals surface area (Å²) < 4.78 is 32.6. The molecule has 2 aromatic carbocycles. The lowest BCUT2D eigenvalue weighted by molar-refractivity contribution is -0.117. The Morgan fingerprint density at radius 3 is 2.36 bits per heavy atom. The largest absolute Gasteiger partial charge is 0.497 e. The third kappa shape index (κ3) is 3.95. The van der Waals surface area contributed by atoms with Gasteiger partial charge in [0.2, 0.25) is 15.9 Å². The summed E-state index contributed by atoms with van der Waals surface area (Å²) in [5.74, 6) is 0.439. The van der Waals surface area contributed by atoms with Gasteiger partial charge < -0.3 is 9.64 Å². The second-order valence-electron chi connectivity index (χ2n) is 5.68. The number of methoxy groups -OCH3 is 1. The minimum absolute atomic E-state index is 0.109. The number of hydrogen-bond donors (Lipinski definition) is 1. The lowest BCUT2D eigenvalue weighted by Gasteiger charge is -2.17. The normalized spacial score (nSPS) is 17.8. The number of halogens is 1. The molecule has 1 saturated heterocycles. The van der Waals surface area contributed by atoms with Gasteiger partial charge in [0.1, 0.15) is 5.75 Å². The summed E-state index contributed by atoms with van der Waals surface area (Å²) in [5.41, 5.74) is 0.695. The highest BCUT2D eigenvalue weighted by Gasteiger charge is 2.33. The number of amides is 1. The number of anilines is 1. The molecule has 0 bridgehead atoms. The zero-order valence-corrected chi connectivity index (χ0v) is 15.0. The highest BCUT2D eigenvalue weighted by Crippen LogP contribution is 2.24. The predicted molar refractivity (Wildman–Crippen MR) is 95.5 cm³/mol. The van der Waals surface area contributed by atoms with E-state index in [0.29, 0.717) is 16.5 Å². The Kier molecular flexibility index (Phi) is 4.99. The van der Waals surface area contributed by atoms with E-state index < -0.39 is 16.1 Å². The van der Waals surface area contributed by atoms with Crippen molar-refractivity contribution in [3.8, 4) is 5.75 Å². The average molecular weight is 381 g/mol. The number of carbonyl (C=O) groups excluding carboxylic acids is 1. The molecule has 132 valence electrons. The van der Waals surface area contributed by atoms with Gasteiger partial charge in [-0.05, 0) is 48.5 Å². The number of sulfonamides is 1. The molecule has 1 fully saturated rings. The van der Waals surface area contributed by atoms with E-state index in [0.717, 1.165) is 0 Å². The van der Waals surface area contributed by atoms with Crippen molar-refractivity contribution in [3.05, 3.63) is 53.6 Å². The van der Waals surface area contributed by atoms with E-state index >= 15 is 0 Å². The highest BCUT2D eigenvalue weighted by atomic mass is 35.5. The average Bonchev–Trinajstić information content (AvgIpc) is 2.95. The van der Waals surface area contributed by atoms with Crippen LogP contribution in [-0.4, -0.2) is 34.0 Å². The lowest BCUT2D eigenvalue weighted by atomic mass is 10.3. The first-order valence-electron chi connectivity index (χ1n) is 7.61. The van der Waals surface area contributed by atoms with Crippen molar-refractivity contribution >= 4 is 33.2 Å². The molecule has 1 heterocycles. The second kappa shape index (κ2) is 7.03. The Hall–Kier alpha value is -2.09. The van der Waals surface area contributed by atoms with Crippen molar-refractivity contribution in [1.29, 1.82) is 0 Å². The smallest absolute Gasteiger partial charge is 0.240 e. The lowest BCUT2D eigenvalue weighted by Crippen LogP contribution is -2.37. The van der Waals surface area contributed by atoms with Crippen LogP contribution >= 0.6 is 11.6 Å². The van der Waals surface area contributed by atoms with Gasteiger partial charge in [0.15, 0.2) is 0 Å². The van der Waals surface area contributed by atoms with Crippen LogP contribution in [0.15, 0.2) is 53.4 Å². The van der Waals surface area contributed by atoms with Crippen molar-refractivity contribution < 1.29 is 17.9 Å². The number of nitrogens with zero attached hydrogens (tertiary/aromatic N) is 1. The van der Waals surface area contributed by atoms with Crippen molar-refractivity contribution in [2.45, 2.75) is 17.4 Å². The van der Waals surface area contributed by atoms with Crippen LogP contribution in [0.3, 0.4) is 0 Å². The summed E-state index contributed by atoms with van der Waals surface area (Å²) in [7, 11) is -2.20. The molecule has 1 atom stereocenters. The number of nitrogens with one attached hydrogen (secondary N) is 1. The van der Waals surface area contributed by atoms with E-state index in [2.05, 4.69) is 4.72 Å². The number of carbonyl (C=O) groups is 1. The minimum atomic E-state index is -3.71. The number of rotatable bonds is 5. The Bertz CT molecular complexity index is 867. The van der Waals surface area contributed by atoms with Crippen LogP contribution in [0.2, 0.25) is 5.02 Å². The molecule has 0 saturated carbocycles. The van der Waals surface area contributed by atoms with Crippen LogP contribution in [0.5, 0.6) is 5.75 Å². The fourth-order valence-corrected chi connectivity index (χ4v) is 4.05. The summed E-state index contributed by atoms with van der Waals surface area (Å²) in [6.45, 7) is 0.274. The van der Waals surface area contributed by atoms with Crippen LogP contribution < -0.4 is 14.4 Å². The molecule has 1 N–H and O–H groups in total. The zero-order valence-electron chi connectivity index (χ0n) is 13.5. The SMILES string of the molecule is COc1ccc(S(=O)(=O)N[C@@H]2CC(=O)N(c3ccc(Cl)cc3)C2)cc1. The standard InChI is InChI=1S/C17H17ClN2O4S/c1-24-15-6-8-16(9-7-15)25(22,23)19-13-10-17(21)20(11-13)14-4-2-12(18)3-5-14/h2-9,13,19H,10-11H2,1H3/t13-/m1/s1. The van der Waals surface area contributed by atoms with Crippen molar-refractivity contribution in [2.24, 2.45) is 0 Å². The van der Waals surface area contributed by atoms with E-state index in [1.165, 1.54) is 19.2 Å². The summed E-state index contributed by atoms with van der Waals surface area (Å²) in [5, 5.41) is 0.576. The van der Waals surface area contributed by atoms with Crippen molar-refractivity contribution in [2.75, 3.05) is 18.6 Å². The van der Waals surface area contributed by atoms with Gasteiger partial charge in [0.25, 0.3) is 0 Å². The van der Waals surface area contributed by atoms with Crippen LogP contribution in [0.25, 0.3) is 0 Å². The Morgan fingerprint density at radius 1 is 1.12 bits per heavy atom. The van der Waals surface area contributed by atoms with E-state index in [9.17, 15) is 13.2 Å². The summed E-state index contributed by atoms with van der Waals surface area (Å²) >= 11 is 5.86. The van der Waals surface area contributed by atoms with Crippen LogP contribution in [-0.2, 0) is 14.8 Å². The van der Waals surface area contributed by atoms with E-state index in [4.69, 9.17) is 16.3 Å². The number of ether oxygens (including phenoxy) is 1. The molecular formula is C17H17ClN2O4S. The monoisotopic (exact) mass is 380 g/mol. The molecule has 0 aliphatic carbocycles. The zero-order chi connectivity index (χ0) is 18.0. The third-order valence-electron chi connectivity index (χ3n) is 3.95. The van der Waals surface area contributed by atoms with Gasteiger partial charge in [0.05, 0.1) is 12.0 Å². The van der Waals surface area contributed by atoms with Crippen LogP contribution in [0.1, 0.15) is 6.42 Å². The minimum Gasteiger partial charge on any atom is -0.497 e. The van der Waals surface area contributed by atoms with Gasteiger partial charge in [-0.1, -0.05) is 11.6 Å². The summed E-state index contributed by atoms with van der Waals surface area (Å²) in [6.07, 6.45) is 0.109.